The molecule has 0 N–H and O–H groups in total. The van der Waals surface area contributed by atoms with E-state index in [1.807, 2.05) is 50.2 Å². The second-order valence-electron chi connectivity index (χ2n) is 6.27. The number of carbonyl (C=O) groups excluding carboxylic acids is 1. The summed E-state index contributed by atoms with van der Waals surface area (Å²) in [6.07, 6.45) is 1.26. The highest BCUT2D eigenvalue weighted by Gasteiger charge is 2.18. The molecular weight excluding hydrogens is 314 g/mol. The number of hydrogen-bond acceptors (Lipinski definition) is 3. The van der Waals surface area contributed by atoms with Gasteiger partial charge in [0.1, 0.15) is 6.54 Å². The Morgan fingerprint density at radius 2 is 1.84 bits per heavy atom. The Morgan fingerprint density at radius 1 is 1.16 bits per heavy atom. The van der Waals surface area contributed by atoms with Crippen LogP contribution in [0.25, 0.3) is 10.9 Å². The third-order valence-corrected chi connectivity index (χ3v) is 4.58. The van der Waals surface area contributed by atoms with Gasteiger partial charge in [0.15, 0.2) is 0 Å². The predicted octanol–water partition coefficient (Wildman–Crippen LogP) is 2.92. The van der Waals surface area contributed by atoms with Gasteiger partial charge in [0.25, 0.3) is 0 Å². The Morgan fingerprint density at radius 3 is 2.56 bits per heavy atom. The minimum Gasteiger partial charge on any atom is -0.337 e. The molecule has 0 aliphatic rings. The van der Waals surface area contributed by atoms with Crippen molar-refractivity contribution in [3.63, 3.8) is 0 Å². The number of aryl methyl sites for hydroxylation is 1. The van der Waals surface area contributed by atoms with Crippen molar-refractivity contribution >= 4 is 16.8 Å². The van der Waals surface area contributed by atoms with Crippen LogP contribution < -0.4 is 5.43 Å². The molecule has 2 aromatic carbocycles. The summed E-state index contributed by atoms with van der Waals surface area (Å²) in [5.41, 5.74) is 2.80. The van der Waals surface area contributed by atoms with Crippen LogP contribution >= 0.6 is 0 Å². The monoisotopic (exact) mass is 335 g/mol. The van der Waals surface area contributed by atoms with E-state index in [-0.39, 0.29) is 23.9 Å². The first-order valence-electron chi connectivity index (χ1n) is 8.24. The Kier molecular flexibility index (Phi) is 4.65. The number of fused-ring (bicyclic) bond motifs is 1. The zero-order valence-corrected chi connectivity index (χ0v) is 14.6. The van der Waals surface area contributed by atoms with Crippen molar-refractivity contribution in [1.29, 1.82) is 0 Å². The van der Waals surface area contributed by atoms with Gasteiger partial charge in [0, 0.05) is 12.4 Å². The molecule has 5 heteroatoms. The molecule has 0 spiro atoms. The summed E-state index contributed by atoms with van der Waals surface area (Å²) in [5, 5.41) is 4.70. The van der Waals surface area contributed by atoms with Crippen LogP contribution in [-0.4, -0.2) is 27.6 Å². The maximum atomic E-state index is 12.7. The number of carbonyl (C=O) groups is 1. The molecule has 0 saturated heterocycles. The largest absolute Gasteiger partial charge is 0.337 e. The molecule has 5 nitrogen and oxygen atoms in total. The minimum atomic E-state index is -0.138. The fraction of sp³-hybridized carbons (Fsp3) is 0.250. The van der Waals surface area contributed by atoms with Crippen molar-refractivity contribution in [2.24, 2.45) is 0 Å². The smallest absolute Gasteiger partial charge is 0.244 e. The molecule has 0 fully saturated rings. The highest BCUT2D eigenvalue weighted by atomic mass is 16.2. The maximum Gasteiger partial charge on any atom is 0.244 e. The maximum absolute atomic E-state index is 12.7. The number of benzene rings is 2. The lowest BCUT2D eigenvalue weighted by Crippen LogP contribution is -2.33. The van der Waals surface area contributed by atoms with Gasteiger partial charge in [-0.2, -0.15) is 5.10 Å². The summed E-state index contributed by atoms with van der Waals surface area (Å²) >= 11 is 0. The van der Waals surface area contributed by atoms with Crippen molar-refractivity contribution in [3.05, 3.63) is 76.1 Å². The molecule has 0 saturated carbocycles. The van der Waals surface area contributed by atoms with E-state index in [9.17, 15) is 9.59 Å². The van der Waals surface area contributed by atoms with Crippen LogP contribution in [0.1, 0.15) is 24.1 Å². The lowest BCUT2D eigenvalue weighted by atomic mass is 10.1. The quantitative estimate of drug-likeness (QED) is 0.737. The Labute approximate surface area is 146 Å². The van der Waals surface area contributed by atoms with Gasteiger partial charge in [-0.05, 0) is 31.5 Å². The number of amides is 1. The number of para-hydroxylation sites is 1. The second kappa shape index (κ2) is 6.89. The molecule has 0 aliphatic heterocycles. The number of aromatic nitrogens is 2. The van der Waals surface area contributed by atoms with Gasteiger partial charge in [-0.15, -0.1) is 0 Å². The molecule has 0 radical (unpaired) electrons. The van der Waals surface area contributed by atoms with Crippen molar-refractivity contribution < 1.29 is 4.79 Å². The topological polar surface area (TPSA) is 55.2 Å². The highest BCUT2D eigenvalue weighted by molar-refractivity contribution is 5.81. The van der Waals surface area contributed by atoms with E-state index >= 15 is 0 Å². The van der Waals surface area contributed by atoms with Crippen LogP contribution in [0, 0.1) is 6.92 Å². The Hall–Kier alpha value is -2.95. The van der Waals surface area contributed by atoms with E-state index in [0.717, 1.165) is 5.56 Å². The van der Waals surface area contributed by atoms with E-state index in [0.29, 0.717) is 10.9 Å². The van der Waals surface area contributed by atoms with Crippen molar-refractivity contribution in [2.45, 2.75) is 26.4 Å². The third kappa shape index (κ3) is 3.45. The number of likely N-dealkylation sites (N-methyl/N-ethyl adjacent to an activating group) is 1. The van der Waals surface area contributed by atoms with Gasteiger partial charge in [0.2, 0.25) is 11.3 Å². The summed E-state index contributed by atoms with van der Waals surface area (Å²) < 4.78 is 1.58. The average molecular weight is 335 g/mol. The van der Waals surface area contributed by atoms with Crippen molar-refractivity contribution in [3.8, 4) is 0 Å². The normalized spacial score (nSPS) is 12.1. The first kappa shape index (κ1) is 16.9. The molecule has 1 unspecified atom stereocenters. The number of rotatable bonds is 4. The van der Waals surface area contributed by atoms with Crippen molar-refractivity contribution in [1.82, 2.24) is 14.7 Å². The Balaban J connectivity index is 1.83. The molecule has 0 bridgehead atoms. The van der Waals surface area contributed by atoms with Crippen LogP contribution in [-0.2, 0) is 11.3 Å². The van der Waals surface area contributed by atoms with Crippen LogP contribution in [0.2, 0.25) is 0 Å². The van der Waals surface area contributed by atoms with Crippen LogP contribution in [0.3, 0.4) is 0 Å². The van der Waals surface area contributed by atoms with Gasteiger partial charge in [-0.3, -0.25) is 14.3 Å². The number of nitrogens with zero attached hydrogens (tertiary/aromatic N) is 3. The number of hydrogen-bond donors (Lipinski definition) is 0. The molecule has 128 valence electrons. The molecule has 25 heavy (non-hydrogen) atoms. The van der Waals surface area contributed by atoms with E-state index in [4.69, 9.17) is 0 Å². The van der Waals surface area contributed by atoms with E-state index in [1.54, 1.807) is 28.8 Å². The van der Waals surface area contributed by atoms with Gasteiger partial charge >= 0.3 is 0 Å². The van der Waals surface area contributed by atoms with E-state index in [2.05, 4.69) is 5.10 Å². The molecule has 1 aromatic heterocycles. The Bertz CT molecular complexity index is 961. The van der Waals surface area contributed by atoms with Gasteiger partial charge in [-0.25, -0.2) is 0 Å². The molecular formula is C20H21N3O2. The van der Waals surface area contributed by atoms with Gasteiger partial charge < -0.3 is 4.90 Å². The predicted molar refractivity (Wildman–Crippen MR) is 98.4 cm³/mol. The molecule has 1 atom stereocenters. The average Bonchev–Trinajstić information content (AvgIpc) is 2.63. The third-order valence-electron chi connectivity index (χ3n) is 4.58. The summed E-state index contributed by atoms with van der Waals surface area (Å²) in [7, 11) is 1.79. The molecule has 3 aromatic rings. The van der Waals surface area contributed by atoms with E-state index in [1.165, 1.54) is 11.8 Å². The fourth-order valence-electron chi connectivity index (χ4n) is 2.81. The lowest BCUT2D eigenvalue weighted by molar-refractivity contribution is -0.132. The fourth-order valence-corrected chi connectivity index (χ4v) is 2.81. The first-order valence-corrected chi connectivity index (χ1v) is 8.24. The standard InChI is InChI=1S/C20H21N3O2/c1-14-8-10-16(11-9-14)15(2)22(3)20(25)13-23-18-7-5-4-6-17(18)19(24)12-21-23/h4-12,15H,13H2,1-3H3. The first-order chi connectivity index (χ1) is 12.0. The zero-order valence-electron chi connectivity index (χ0n) is 14.6. The van der Waals surface area contributed by atoms with Crippen LogP contribution in [0.4, 0.5) is 0 Å². The van der Waals surface area contributed by atoms with Gasteiger partial charge in [-0.1, -0.05) is 42.0 Å². The zero-order chi connectivity index (χ0) is 18.0. The summed E-state index contributed by atoms with van der Waals surface area (Å²) in [6.45, 7) is 4.13. The minimum absolute atomic E-state index is 0.0428. The summed E-state index contributed by atoms with van der Waals surface area (Å²) in [6, 6.07) is 15.3. The molecule has 1 amide bonds. The summed E-state index contributed by atoms with van der Waals surface area (Å²) in [5.74, 6) is -0.0608. The summed E-state index contributed by atoms with van der Waals surface area (Å²) in [4.78, 5) is 26.3. The van der Waals surface area contributed by atoms with E-state index < -0.39 is 0 Å². The lowest BCUT2D eigenvalue weighted by Gasteiger charge is -2.26. The molecule has 0 aliphatic carbocycles. The van der Waals surface area contributed by atoms with Crippen LogP contribution in [0.15, 0.2) is 59.5 Å². The molecule has 3 rings (SSSR count). The highest BCUT2D eigenvalue weighted by Crippen LogP contribution is 2.19. The molecule has 1 heterocycles. The van der Waals surface area contributed by atoms with Crippen LogP contribution in [0.5, 0.6) is 0 Å². The SMILES string of the molecule is Cc1ccc(C(C)N(C)C(=O)Cn2ncc(=O)c3ccccc32)cc1. The van der Waals surface area contributed by atoms with Crippen molar-refractivity contribution in [2.75, 3.05) is 7.05 Å². The second-order valence-corrected chi connectivity index (χ2v) is 6.27. The van der Waals surface area contributed by atoms with Gasteiger partial charge in [0.05, 0.1) is 17.8 Å².